The first-order chi connectivity index (χ1) is 10.3. The SMILES string of the molecule is C[C@H](NC[C@@H]1CCCO1)c1cccc(OC2CCCC2)c1. The summed E-state index contributed by atoms with van der Waals surface area (Å²) in [6, 6.07) is 8.87. The Morgan fingerprint density at radius 1 is 1.24 bits per heavy atom. The fourth-order valence-corrected chi connectivity index (χ4v) is 3.29. The van der Waals surface area contributed by atoms with Crippen LogP contribution in [-0.2, 0) is 4.74 Å². The third kappa shape index (κ3) is 4.21. The van der Waals surface area contributed by atoms with Gasteiger partial charge in [0.15, 0.2) is 0 Å². The zero-order valence-electron chi connectivity index (χ0n) is 13.0. The van der Waals surface area contributed by atoms with Crippen molar-refractivity contribution in [1.29, 1.82) is 0 Å². The standard InChI is InChI=1S/C18H27NO2/c1-14(19-13-18-10-5-11-20-18)15-6-4-9-17(12-15)21-16-7-2-3-8-16/h4,6,9,12,14,16,18-19H,2-3,5,7-8,10-11,13H2,1H3/t14-,18-/m0/s1. The smallest absolute Gasteiger partial charge is 0.120 e. The van der Waals surface area contributed by atoms with E-state index in [1.54, 1.807) is 0 Å². The molecule has 116 valence electrons. The Morgan fingerprint density at radius 2 is 2.10 bits per heavy atom. The van der Waals surface area contributed by atoms with Crippen LogP contribution in [0.5, 0.6) is 5.75 Å². The molecule has 1 saturated heterocycles. The summed E-state index contributed by atoms with van der Waals surface area (Å²) in [5, 5.41) is 3.58. The molecule has 1 saturated carbocycles. The molecule has 1 heterocycles. The van der Waals surface area contributed by atoms with Crippen LogP contribution in [0.25, 0.3) is 0 Å². The monoisotopic (exact) mass is 289 g/mol. The summed E-state index contributed by atoms with van der Waals surface area (Å²) in [6.45, 7) is 4.07. The maximum atomic E-state index is 6.09. The van der Waals surface area contributed by atoms with Gasteiger partial charge in [0.1, 0.15) is 5.75 Å². The largest absolute Gasteiger partial charge is 0.490 e. The lowest BCUT2D eigenvalue weighted by Crippen LogP contribution is -2.28. The second-order valence-electron chi connectivity index (χ2n) is 6.36. The lowest BCUT2D eigenvalue weighted by molar-refractivity contribution is 0.108. The lowest BCUT2D eigenvalue weighted by Gasteiger charge is -2.19. The zero-order valence-corrected chi connectivity index (χ0v) is 13.0. The molecule has 0 aromatic heterocycles. The van der Waals surface area contributed by atoms with Crippen molar-refractivity contribution < 1.29 is 9.47 Å². The first-order valence-corrected chi connectivity index (χ1v) is 8.43. The van der Waals surface area contributed by atoms with Gasteiger partial charge in [0.05, 0.1) is 12.2 Å². The fourth-order valence-electron chi connectivity index (χ4n) is 3.29. The summed E-state index contributed by atoms with van der Waals surface area (Å²) in [4.78, 5) is 0. The summed E-state index contributed by atoms with van der Waals surface area (Å²) < 4.78 is 11.8. The number of hydrogen-bond acceptors (Lipinski definition) is 3. The minimum atomic E-state index is 0.335. The zero-order chi connectivity index (χ0) is 14.5. The first kappa shape index (κ1) is 14.9. The van der Waals surface area contributed by atoms with Crippen LogP contribution in [0, 0.1) is 0 Å². The molecule has 3 heteroatoms. The predicted octanol–water partition coefficient (Wildman–Crippen LogP) is 3.84. The normalized spacial score (nSPS) is 24.3. The van der Waals surface area contributed by atoms with Crippen LogP contribution in [0.15, 0.2) is 24.3 Å². The molecule has 0 bridgehead atoms. The van der Waals surface area contributed by atoms with Gasteiger partial charge in [-0.3, -0.25) is 0 Å². The summed E-state index contributed by atoms with van der Waals surface area (Å²) in [5.74, 6) is 1.02. The Balaban J connectivity index is 1.53. The Labute approximate surface area is 128 Å². The van der Waals surface area contributed by atoms with E-state index in [1.807, 2.05) is 0 Å². The highest BCUT2D eigenvalue weighted by Gasteiger charge is 2.18. The average Bonchev–Trinajstić information content (AvgIpc) is 3.18. The molecular weight excluding hydrogens is 262 g/mol. The highest BCUT2D eigenvalue weighted by atomic mass is 16.5. The molecule has 1 N–H and O–H groups in total. The van der Waals surface area contributed by atoms with Gasteiger partial charge in [0, 0.05) is 19.2 Å². The van der Waals surface area contributed by atoms with Crippen LogP contribution in [0.1, 0.15) is 57.1 Å². The van der Waals surface area contributed by atoms with Crippen molar-refractivity contribution >= 4 is 0 Å². The fraction of sp³-hybridized carbons (Fsp3) is 0.667. The van der Waals surface area contributed by atoms with Crippen LogP contribution in [-0.4, -0.2) is 25.4 Å². The molecule has 21 heavy (non-hydrogen) atoms. The molecular formula is C18H27NO2. The second-order valence-corrected chi connectivity index (χ2v) is 6.36. The van der Waals surface area contributed by atoms with Crippen LogP contribution >= 0.6 is 0 Å². The first-order valence-electron chi connectivity index (χ1n) is 8.43. The van der Waals surface area contributed by atoms with E-state index in [9.17, 15) is 0 Å². The summed E-state index contributed by atoms with van der Waals surface area (Å²) in [6.07, 6.45) is 8.23. The van der Waals surface area contributed by atoms with Crippen molar-refractivity contribution in [2.75, 3.05) is 13.2 Å². The van der Waals surface area contributed by atoms with Gasteiger partial charge >= 0.3 is 0 Å². The maximum absolute atomic E-state index is 6.09. The van der Waals surface area contributed by atoms with E-state index in [-0.39, 0.29) is 0 Å². The average molecular weight is 289 g/mol. The van der Waals surface area contributed by atoms with E-state index in [0.717, 1.165) is 18.9 Å². The highest BCUT2D eigenvalue weighted by Crippen LogP contribution is 2.26. The van der Waals surface area contributed by atoms with Crippen LogP contribution in [0.3, 0.4) is 0 Å². The molecule has 1 aliphatic carbocycles. The number of rotatable bonds is 6. The molecule has 1 aliphatic heterocycles. The number of nitrogens with one attached hydrogen (secondary N) is 1. The van der Waals surface area contributed by atoms with E-state index in [4.69, 9.17) is 9.47 Å². The topological polar surface area (TPSA) is 30.5 Å². The van der Waals surface area contributed by atoms with E-state index in [0.29, 0.717) is 18.2 Å². The summed E-state index contributed by atoms with van der Waals surface area (Å²) in [5.41, 5.74) is 1.29. The molecule has 0 amide bonds. The maximum Gasteiger partial charge on any atom is 0.120 e. The van der Waals surface area contributed by atoms with Gasteiger partial charge in [-0.15, -0.1) is 0 Å². The molecule has 2 aliphatic rings. The van der Waals surface area contributed by atoms with E-state index >= 15 is 0 Å². The van der Waals surface area contributed by atoms with E-state index < -0.39 is 0 Å². The Hall–Kier alpha value is -1.06. The van der Waals surface area contributed by atoms with E-state index in [1.165, 1.54) is 44.1 Å². The van der Waals surface area contributed by atoms with Gasteiger partial charge < -0.3 is 14.8 Å². The quantitative estimate of drug-likeness (QED) is 0.863. The number of hydrogen-bond donors (Lipinski definition) is 1. The van der Waals surface area contributed by atoms with Crippen molar-refractivity contribution in [3.63, 3.8) is 0 Å². The van der Waals surface area contributed by atoms with Crippen LogP contribution in [0.4, 0.5) is 0 Å². The lowest BCUT2D eigenvalue weighted by atomic mass is 10.1. The summed E-state index contributed by atoms with van der Waals surface area (Å²) in [7, 11) is 0. The Kier molecular flexibility index (Phi) is 5.15. The molecule has 0 radical (unpaired) electrons. The molecule has 3 rings (SSSR count). The van der Waals surface area contributed by atoms with Gasteiger partial charge in [-0.05, 0) is 63.1 Å². The molecule has 2 atom stereocenters. The van der Waals surface area contributed by atoms with Crippen molar-refractivity contribution in [1.82, 2.24) is 5.32 Å². The Morgan fingerprint density at radius 3 is 2.86 bits per heavy atom. The van der Waals surface area contributed by atoms with Crippen molar-refractivity contribution in [2.45, 2.75) is 63.7 Å². The number of benzene rings is 1. The summed E-state index contributed by atoms with van der Waals surface area (Å²) >= 11 is 0. The van der Waals surface area contributed by atoms with Crippen molar-refractivity contribution in [3.05, 3.63) is 29.8 Å². The third-order valence-electron chi connectivity index (χ3n) is 4.64. The molecule has 2 fully saturated rings. The molecule has 0 unspecified atom stereocenters. The minimum Gasteiger partial charge on any atom is -0.490 e. The van der Waals surface area contributed by atoms with Gasteiger partial charge in [0.25, 0.3) is 0 Å². The number of ether oxygens (including phenoxy) is 2. The van der Waals surface area contributed by atoms with Gasteiger partial charge in [-0.2, -0.15) is 0 Å². The van der Waals surface area contributed by atoms with Crippen LogP contribution in [0.2, 0.25) is 0 Å². The predicted molar refractivity (Wildman–Crippen MR) is 84.7 cm³/mol. The van der Waals surface area contributed by atoms with Gasteiger partial charge in [-0.25, -0.2) is 0 Å². The van der Waals surface area contributed by atoms with Crippen LogP contribution < -0.4 is 10.1 Å². The van der Waals surface area contributed by atoms with Gasteiger partial charge in [-0.1, -0.05) is 12.1 Å². The highest BCUT2D eigenvalue weighted by molar-refractivity contribution is 5.30. The molecule has 3 nitrogen and oxygen atoms in total. The van der Waals surface area contributed by atoms with E-state index in [2.05, 4.69) is 36.5 Å². The van der Waals surface area contributed by atoms with Crippen molar-refractivity contribution in [2.24, 2.45) is 0 Å². The molecule has 1 aromatic rings. The second kappa shape index (κ2) is 7.28. The minimum absolute atomic E-state index is 0.335. The Bertz CT molecular complexity index is 437. The molecule has 1 aromatic carbocycles. The third-order valence-corrected chi connectivity index (χ3v) is 4.64. The van der Waals surface area contributed by atoms with Gasteiger partial charge in [0.2, 0.25) is 0 Å². The molecule has 0 spiro atoms. The van der Waals surface area contributed by atoms with Crippen molar-refractivity contribution in [3.8, 4) is 5.75 Å².